The van der Waals surface area contributed by atoms with Crippen LogP contribution >= 0.6 is 11.6 Å². The molecule has 7 rings (SSSR count). The molecule has 2 aromatic heterocycles. The molecule has 2 aliphatic heterocycles. The first-order valence-electron chi connectivity index (χ1n) is 12.2. The van der Waals surface area contributed by atoms with Gasteiger partial charge in [-0.15, -0.1) is 0 Å². The molecule has 0 radical (unpaired) electrons. The number of benzene rings is 3. The van der Waals surface area contributed by atoms with Crippen LogP contribution in [0.4, 0.5) is 0 Å². The summed E-state index contributed by atoms with van der Waals surface area (Å²) >= 11 is 6.68. The highest BCUT2D eigenvalue weighted by Gasteiger charge is 2.43. The highest BCUT2D eigenvalue weighted by Crippen LogP contribution is 2.35. The van der Waals surface area contributed by atoms with Crippen LogP contribution in [-0.4, -0.2) is 51.6 Å². The Morgan fingerprint density at radius 3 is 2.38 bits per heavy atom. The minimum atomic E-state index is -0.166. The number of halogens is 1. The maximum absolute atomic E-state index is 6.68. The summed E-state index contributed by atoms with van der Waals surface area (Å²) < 4.78 is 22.7. The minimum absolute atomic E-state index is 0.0368. The molecule has 3 aromatic carbocycles. The van der Waals surface area contributed by atoms with Crippen molar-refractivity contribution in [3.63, 3.8) is 0 Å². The molecule has 0 spiro atoms. The van der Waals surface area contributed by atoms with Gasteiger partial charge in [0.15, 0.2) is 6.10 Å². The zero-order valence-corrected chi connectivity index (χ0v) is 20.7. The van der Waals surface area contributed by atoms with Crippen molar-refractivity contribution in [1.82, 2.24) is 20.1 Å². The number of aryl methyl sites for hydroxylation is 1. The van der Waals surface area contributed by atoms with Crippen LogP contribution in [0.5, 0.6) is 6.01 Å². The molecule has 0 bridgehead atoms. The molecule has 0 aliphatic carbocycles. The third kappa shape index (κ3) is 4.17. The number of hydrogen-bond acceptors (Lipinski definition) is 7. The van der Waals surface area contributed by atoms with E-state index in [9.17, 15) is 0 Å². The van der Waals surface area contributed by atoms with E-state index in [1.165, 1.54) is 0 Å². The van der Waals surface area contributed by atoms with E-state index in [2.05, 4.69) is 56.5 Å². The lowest BCUT2D eigenvalue weighted by Gasteiger charge is -2.15. The molecule has 9 heteroatoms. The van der Waals surface area contributed by atoms with Gasteiger partial charge in [-0.2, -0.15) is 9.97 Å². The van der Waals surface area contributed by atoms with Gasteiger partial charge in [-0.1, -0.05) is 65.3 Å². The van der Waals surface area contributed by atoms with E-state index in [-0.39, 0.29) is 18.3 Å². The second-order valence-corrected chi connectivity index (χ2v) is 9.74. The fraction of sp³-hybridized carbons (Fsp3) is 0.250. The van der Waals surface area contributed by atoms with Crippen molar-refractivity contribution < 1.29 is 18.7 Å². The summed E-state index contributed by atoms with van der Waals surface area (Å²) in [5, 5.41) is 4.62. The highest BCUT2D eigenvalue weighted by atomic mass is 35.5. The van der Waals surface area contributed by atoms with E-state index in [0.29, 0.717) is 36.0 Å². The van der Waals surface area contributed by atoms with Crippen LogP contribution in [0.25, 0.3) is 44.7 Å². The molecule has 0 amide bonds. The second-order valence-electron chi connectivity index (χ2n) is 9.34. The zero-order chi connectivity index (χ0) is 24.9. The summed E-state index contributed by atoms with van der Waals surface area (Å²) in [6.07, 6.45) is 0.825. The van der Waals surface area contributed by atoms with Crippen LogP contribution in [0.3, 0.4) is 0 Å². The Balaban J connectivity index is 1.11. The fourth-order valence-electron chi connectivity index (χ4n) is 5.03. The lowest BCUT2D eigenvalue weighted by atomic mass is 9.99. The monoisotopic (exact) mass is 514 g/mol. The average molecular weight is 515 g/mol. The number of H-pyrrole nitrogens is 1. The summed E-state index contributed by atoms with van der Waals surface area (Å²) in [5.74, 6) is 1.13. The van der Waals surface area contributed by atoms with E-state index < -0.39 is 0 Å². The number of rotatable bonds is 5. The van der Waals surface area contributed by atoms with Gasteiger partial charge in [-0.3, -0.25) is 0 Å². The molecular formula is C28H23ClN4O4. The van der Waals surface area contributed by atoms with Gasteiger partial charge in [0.05, 0.1) is 28.8 Å². The molecule has 2 aliphatic rings. The van der Waals surface area contributed by atoms with E-state index >= 15 is 0 Å². The summed E-state index contributed by atoms with van der Waals surface area (Å²) in [7, 11) is 0. The van der Waals surface area contributed by atoms with Gasteiger partial charge in [0.1, 0.15) is 6.10 Å². The van der Waals surface area contributed by atoms with E-state index in [1.807, 2.05) is 24.3 Å². The number of nitrogens with one attached hydrogen (secondary N) is 1. The van der Waals surface area contributed by atoms with Crippen LogP contribution in [0.1, 0.15) is 12.3 Å². The van der Waals surface area contributed by atoms with Gasteiger partial charge in [0.2, 0.25) is 11.7 Å². The summed E-state index contributed by atoms with van der Waals surface area (Å²) in [5.41, 5.74) is 6.62. The molecule has 2 fully saturated rings. The fourth-order valence-corrected chi connectivity index (χ4v) is 5.30. The topological polar surface area (TPSA) is 95.3 Å². The van der Waals surface area contributed by atoms with Gasteiger partial charge in [-0.25, -0.2) is 0 Å². The number of hydrogen-bond donors (Lipinski definition) is 1. The normalized spacial score (nSPS) is 21.0. The van der Waals surface area contributed by atoms with E-state index in [4.69, 9.17) is 30.3 Å². The van der Waals surface area contributed by atoms with Gasteiger partial charge in [0, 0.05) is 24.7 Å². The molecule has 3 atom stereocenters. The predicted octanol–water partition coefficient (Wildman–Crippen LogP) is 5.84. The van der Waals surface area contributed by atoms with Crippen LogP contribution in [0, 0.1) is 6.92 Å². The number of ether oxygens (including phenoxy) is 3. The van der Waals surface area contributed by atoms with Crippen molar-refractivity contribution in [3.8, 4) is 39.7 Å². The molecule has 37 heavy (non-hydrogen) atoms. The van der Waals surface area contributed by atoms with E-state index in [1.54, 1.807) is 6.92 Å². The Labute approximate surface area is 217 Å². The van der Waals surface area contributed by atoms with Crippen LogP contribution < -0.4 is 4.74 Å². The van der Waals surface area contributed by atoms with Crippen LogP contribution in [0.2, 0.25) is 5.02 Å². The molecule has 0 unspecified atom stereocenters. The Hall–Kier alpha value is -3.72. The van der Waals surface area contributed by atoms with Crippen molar-refractivity contribution >= 4 is 22.6 Å². The Bertz CT molecular complexity index is 1580. The smallest absolute Gasteiger partial charge is 0.295 e. The predicted molar refractivity (Wildman–Crippen MR) is 139 cm³/mol. The third-order valence-electron chi connectivity index (χ3n) is 6.93. The van der Waals surface area contributed by atoms with E-state index in [0.717, 1.165) is 45.3 Å². The largest absolute Gasteiger partial charge is 0.456 e. The molecule has 0 saturated carbocycles. The number of aromatic nitrogens is 4. The molecule has 5 aromatic rings. The average Bonchev–Trinajstić information content (AvgIpc) is 3.70. The number of nitrogens with zero attached hydrogens (tertiary/aromatic N) is 3. The number of imidazole rings is 1. The first-order valence-corrected chi connectivity index (χ1v) is 12.6. The summed E-state index contributed by atoms with van der Waals surface area (Å²) in [6, 6.07) is 20.7. The molecule has 8 nitrogen and oxygen atoms in total. The van der Waals surface area contributed by atoms with Crippen molar-refractivity contribution in [3.05, 3.63) is 71.6 Å². The van der Waals surface area contributed by atoms with Gasteiger partial charge in [0.25, 0.3) is 6.01 Å². The Morgan fingerprint density at radius 1 is 0.919 bits per heavy atom. The number of aromatic amines is 1. The lowest BCUT2D eigenvalue weighted by molar-refractivity contribution is 0.0273. The molecule has 1 N–H and O–H groups in total. The number of fused-ring (bicyclic) bond motifs is 2. The summed E-state index contributed by atoms with van der Waals surface area (Å²) in [4.78, 5) is 12.2. The van der Waals surface area contributed by atoms with Crippen molar-refractivity contribution in [1.29, 1.82) is 0 Å². The van der Waals surface area contributed by atoms with Gasteiger partial charge in [-0.05, 0) is 35.2 Å². The lowest BCUT2D eigenvalue weighted by Crippen LogP contribution is -2.32. The molecule has 2 saturated heterocycles. The summed E-state index contributed by atoms with van der Waals surface area (Å²) in [6.45, 7) is 2.99. The van der Waals surface area contributed by atoms with Crippen molar-refractivity contribution in [2.45, 2.75) is 31.7 Å². The third-order valence-corrected chi connectivity index (χ3v) is 7.24. The van der Waals surface area contributed by atoms with Crippen molar-refractivity contribution in [2.75, 3.05) is 13.2 Å². The first-order chi connectivity index (χ1) is 18.1. The van der Waals surface area contributed by atoms with Crippen LogP contribution in [0.15, 0.2) is 65.2 Å². The second kappa shape index (κ2) is 8.99. The van der Waals surface area contributed by atoms with Crippen molar-refractivity contribution in [2.24, 2.45) is 0 Å². The minimum Gasteiger partial charge on any atom is -0.456 e. The first kappa shape index (κ1) is 22.5. The Kier molecular flexibility index (Phi) is 5.46. The van der Waals surface area contributed by atoms with Crippen LogP contribution in [-0.2, 0) is 9.47 Å². The van der Waals surface area contributed by atoms with Gasteiger partial charge >= 0.3 is 0 Å². The standard InChI is InChI=1S/C28H23ClN4O4/c1-15-30-27(33-37-15)19-8-4-17(5-9-19)16-2-6-18(7-3-16)20-12-22-23(13-21(20)29)32-28(31-22)36-25-14-35-24-10-11-34-26(24)25/h2-9,12-13,24-26H,10-11,14H2,1H3,(H,31,32)/t24-,25-,26+/m1/s1. The SMILES string of the molecule is Cc1nc(-c2ccc(-c3ccc(-c4cc5nc(O[C@@H]6CO[C@@H]7CCO[C@@H]76)[nH]c5cc4Cl)cc3)cc2)no1. The Morgan fingerprint density at radius 2 is 1.65 bits per heavy atom. The maximum atomic E-state index is 6.68. The zero-order valence-electron chi connectivity index (χ0n) is 20.0. The quantitative estimate of drug-likeness (QED) is 0.314. The molecule has 186 valence electrons. The highest BCUT2D eigenvalue weighted by molar-refractivity contribution is 6.34. The van der Waals surface area contributed by atoms with Gasteiger partial charge < -0.3 is 23.7 Å². The maximum Gasteiger partial charge on any atom is 0.295 e. The molecule has 4 heterocycles. The molecular weight excluding hydrogens is 492 g/mol.